The van der Waals surface area contributed by atoms with Gasteiger partial charge in [-0.1, -0.05) is 0 Å². The first-order chi connectivity index (χ1) is 9.63. The van der Waals surface area contributed by atoms with Gasteiger partial charge in [0.15, 0.2) is 0 Å². The molecule has 0 spiro atoms. The largest absolute Gasteiger partial charge is 0.324 e. The number of carbonyl (C=O) groups excluding carboxylic acids is 1. The van der Waals surface area contributed by atoms with E-state index in [4.69, 9.17) is 0 Å². The molecule has 3 rings (SSSR count). The minimum absolute atomic E-state index is 0.0526. The Morgan fingerprint density at radius 3 is 2.45 bits per heavy atom. The molecule has 1 amide bonds. The molecule has 0 saturated carbocycles. The van der Waals surface area contributed by atoms with E-state index in [1.165, 1.54) is 30.3 Å². The van der Waals surface area contributed by atoms with Gasteiger partial charge in [-0.3, -0.25) is 9.79 Å². The summed E-state index contributed by atoms with van der Waals surface area (Å²) in [6.45, 7) is -0.0526. The molecular formula is C15H10F2N2O. The molecule has 1 aliphatic heterocycles. The van der Waals surface area contributed by atoms with Crippen LogP contribution in [0.4, 0.5) is 14.5 Å². The normalized spacial score (nSPS) is 14.1. The number of hydrogen-bond acceptors (Lipinski definition) is 2. The molecule has 0 bridgehead atoms. The van der Waals surface area contributed by atoms with Gasteiger partial charge >= 0.3 is 0 Å². The van der Waals surface area contributed by atoms with Gasteiger partial charge in [-0.2, -0.15) is 0 Å². The summed E-state index contributed by atoms with van der Waals surface area (Å²) >= 11 is 0. The van der Waals surface area contributed by atoms with Gasteiger partial charge in [-0.05, 0) is 42.5 Å². The molecule has 3 nitrogen and oxygen atoms in total. The Morgan fingerprint density at radius 1 is 1.00 bits per heavy atom. The Hall–Kier alpha value is -2.56. The molecular weight excluding hydrogens is 262 g/mol. The first-order valence-electron chi connectivity index (χ1n) is 6.03. The van der Waals surface area contributed by atoms with E-state index < -0.39 is 5.82 Å². The lowest BCUT2D eigenvalue weighted by Gasteiger charge is -2.10. The fourth-order valence-corrected chi connectivity index (χ4v) is 2.10. The van der Waals surface area contributed by atoms with Crippen molar-refractivity contribution in [3.63, 3.8) is 0 Å². The van der Waals surface area contributed by atoms with Gasteiger partial charge in [0.1, 0.15) is 18.2 Å². The molecule has 2 aromatic carbocycles. The van der Waals surface area contributed by atoms with E-state index in [1.54, 1.807) is 12.1 Å². The minimum atomic E-state index is -0.422. The lowest BCUT2D eigenvalue weighted by atomic mass is 10.0. The van der Waals surface area contributed by atoms with Crippen LogP contribution < -0.4 is 5.32 Å². The summed E-state index contributed by atoms with van der Waals surface area (Å²) in [4.78, 5) is 15.8. The first-order valence-corrected chi connectivity index (χ1v) is 6.03. The predicted octanol–water partition coefficient (Wildman–Crippen LogP) is 2.75. The van der Waals surface area contributed by atoms with Gasteiger partial charge in [0.2, 0.25) is 5.91 Å². The number of nitrogens with one attached hydrogen (secondary N) is 1. The van der Waals surface area contributed by atoms with Crippen LogP contribution in [0.15, 0.2) is 47.5 Å². The Morgan fingerprint density at radius 2 is 1.70 bits per heavy atom. The molecule has 1 N–H and O–H groups in total. The number of anilines is 1. The summed E-state index contributed by atoms with van der Waals surface area (Å²) in [7, 11) is 0. The molecule has 0 saturated heterocycles. The maximum Gasteiger partial charge on any atom is 0.246 e. The predicted molar refractivity (Wildman–Crippen MR) is 71.9 cm³/mol. The smallest absolute Gasteiger partial charge is 0.246 e. The van der Waals surface area contributed by atoms with Crippen molar-refractivity contribution in [2.24, 2.45) is 4.99 Å². The van der Waals surface area contributed by atoms with E-state index in [0.717, 1.165) is 0 Å². The number of hydrogen-bond donors (Lipinski definition) is 1. The zero-order chi connectivity index (χ0) is 14.1. The monoisotopic (exact) mass is 272 g/mol. The zero-order valence-electron chi connectivity index (χ0n) is 10.4. The van der Waals surface area contributed by atoms with Crippen LogP contribution in [0.25, 0.3) is 0 Å². The third-order valence-corrected chi connectivity index (χ3v) is 3.01. The number of aliphatic imine (C=N–C) groups is 1. The van der Waals surface area contributed by atoms with E-state index in [9.17, 15) is 13.6 Å². The van der Waals surface area contributed by atoms with E-state index in [0.29, 0.717) is 22.5 Å². The van der Waals surface area contributed by atoms with E-state index in [-0.39, 0.29) is 18.3 Å². The van der Waals surface area contributed by atoms with Gasteiger partial charge in [-0.25, -0.2) is 8.78 Å². The van der Waals surface area contributed by atoms with E-state index >= 15 is 0 Å². The first kappa shape index (κ1) is 12.5. The van der Waals surface area contributed by atoms with E-state index in [1.807, 2.05) is 0 Å². The van der Waals surface area contributed by atoms with Crippen LogP contribution in [0, 0.1) is 11.6 Å². The summed E-state index contributed by atoms with van der Waals surface area (Å²) in [6, 6.07) is 9.79. The molecule has 0 aliphatic carbocycles. The number of rotatable bonds is 1. The SMILES string of the molecule is O=C1CN=C(c2ccc(F)cc2)c2cc(F)ccc2N1. The highest BCUT2D eigenvalue weighted by molar-refractivity contribution is 6.19. The van der Waals surface area contributed by atoms with Crippen LogP contribution in [0.2, 0.25) is 0 Å². The second-order valence-corrected chi connectivity index (χ2v) is 4.41. The molecule has 0 radical (unpaired) electrons. The Labute approximate surface area is 114 Å². The van der Waals surface area contributed by atoms with Crippen molar-refractivity contribution in [3.8, 4) is 0 Å². The van der Waals surface area contributed by atoms with Crippen LogP contribution >= 0.6 is 0 Å². The minimum Gasteiger partial charge on any atom is -0.324 e. The second kappa shape index (κ2) is 4.85. The van der Waals surface area contributed by atoms with Crippen LogP contribution in [0.3, 0.4) is 0 Å². The van der Waals surface area contributed by atoms with Crippen molar-refractivity contribution in [2.45, 2.75) is 0 Å². The molecule has 1 aliphatic rings. The highest BCUT2D eigenvalue weighted by Crippen LogP contribution is 2.23. The average Bonchev–Trinajstić information content (AvgIpc) is 2.58. The zero-order valence-corrected chi connectivity index (χ0v) is 10.4. The van der Waals surface area contributed by atoms with Gasteiger partial charge in [0.25, 0.3) is 0 Å². The van der Waals surface area contributed by atoms with Crippen molar-refractivity contribution in [3.05, 3.63) is 65.2 Å². The van der Waals surface area contributed by atoms with Gasteiger partial charge in [0, 0.05) is 11.1 Å². The van der Waals surface area contributed by atoms with Crippen molar-refractivity contribution >= 4 is 17.3 Å². The average molecular weight is 272 g/mol. The molecule has 100 valence electrons. The van der Waals surface area contributed by atoms with Gasteiger partial charge in [-0.15, -0.1) is 0 Å². The van der Waals surface area contributed by atoms with E-state index in [2.05, 4.69) is 10.3 Å². The highest BCUT2D eigenvalue weighted by Gasteiger charge is 2.18. The second-order valence-electron chi connectivity index (χ2n) is 4.41. The van der Waals surface area contributed by atoms with Crippen molar-refractivity contribution in [1.82, 2.24) is 0 Å². The fourth-order valence-electron chi connectivity index (χ4n) is 2.10. The van der Waals surface area contributed by atoms with Crippen LogP contribution in [-0.4, -0.2) is 18.2 Å². The summed E-state index contributed by atoms with van der Waals surface area (Å²) in [5.41, 5.74) is 2.09. The quantitative estimate of drug-likeness (QED) is 0.852. The fraction of sp³-hybridized carbons (Fsp3) is 0.0667. The van der Waals surface area contributed by atoms with Gasteiger partial charge in [0.05, 0.1) is 11.4 Å². The Kier molecular flexibility index (Phi) is 3.02. The number of halogens is 2. The number of benzodiazepines with no additional fused rings is 1. The van der Waals surface area contributed by atoms with Crippen molar-refractivity contribution < 1.29 is 13.6 Å². The number of benzene rings is 2. The highest BCUT2D eigenvalue weighted by atomic mass is 19.1. The lowest BCUT2D eigenvalue weighted by molar-refractivity contribution is -0.114. The lowest BCUT2D eigenvalue weighted by Crippen LogP contribution is -2.13. The summed E-state index contributed by atoms with van der Waals surface area (Å²) in [5, 5.41) is 2.67. The maximum absolute atomic E-state index is 13.4. The standard InChI is InChI=1S/C15H10F2N2O/c16-10-3-1-9(2-4-10)15-12-7-11(17)5-6-13(12)19-14(20)8-18-15/h1-7H,8H2,(H,19,20). The summed E-state index contributed by atoms with van der Waals surface area (Å²) in [5.74, 6) is -1.05. The summed E-state index contributed by atoms with van der Waals surface area (Å²) < 4.78 is 26.4. The van der Waals surface area contributed by atoms with Crippen LogP contribution in [0.1, 0.15) is 11.1 Å². The van der Waals surface area contributed by atoms with Crippen molar-refractivity contribution in [1.29, 1.82) is 0 Å². The molecule has 0 aromatic heterocycles. The molecule has 0 fully saturated rings. The maximum atomic E-state index is 13.4. The molecule has 0 unspecified atom stereocenters. The third-order valence-electron chi connectivity index (χ3n) is 3.01. The number of nitrogens with zero attached hydrogens (tertiary/aromatic N) is 1. The number of fused-ring (bicyclic) bond motifs is 1. The van der Waals surface area contributed by atoms with Crippen molar-refractivity contribution in [2.75, 3.05) is 11.9 Å². The molecule has 1 heterocycles. The molecule has 2 aromatic rings. The Balaban J connectivity index is 2.17. The molecule has 0 atom stereocenters. The van der Waals surface area contributed by atoms with Gasteiger partial charge < -0.3 is 5.32 Å². The molecule has 20 heavy (non-hydrogen) atoms. The third kappa shape index (κ3) is 2.30. The summed E-state index contributed by atoms with van der Waals surface area (Å²) in [6.07, 6.45) is 0. The van der Waals surface area contributed by atoms with Crippen LogP contribution in [-0.2, 0) is 4.79 Å². The topological polar surface area (TPSA) is 41.5 Å². The Bertz CT molecular complexity index is 708. The number of amides is 1. The number of carbonyl (C=O) groups is 1. The van der Waals surface area contributed by atoms with Crippen LogP contribution in [0.5, 0.6) is 0 Å². The molecule has 5 heteroatoms.